The molecule has 1 amide bonds. The van der Waals surface area contributed by atoms with Gasteiger partial charge in [-0.1, -0.05) is 26.3 Å². The summed E-state index contributed by atoms with van der Waals surface area (Å²) in [6, 6.07) is 3.66. The number of fused-ring (bicyclic) bond motifs is 1. The average Bonchev–Trinajstić information content (AvgIpc) is 3.58. The minimum atomic E-state index is -2.70. The molecule has 8 nitrogen and oxygen atoms in total. The third kappa shape index (κ3) is 4.53. The molecule has 3 aromatic rings. The molecular formula is C25H31F2N7O. The molecule has 1 aliphatic carbocycles. The number of alkyl halides is 2. The average molecular weight is 484 g/mol. The van der Waals surface area contributed by atoms with Crippen molar-refractivity contribution in [2.45, 2.75) is 58.0 Å². The van der Waals surface area contributed by atoms with Crippen molar-refractivity contribution in [2.75, 3.05) is 18.0 Å². The number of nitrogens with one attached hydrogen (secondary N) is 1. The molecule has 3 aromatic heterocycles. The number of hydrogen-bond acceptors (Lipinski definition) is 5. The van der Waals surface area contributed by atoms with Crippen molar-refractivity contribution in [3.63, 3.8) is 0 Å². The smallest absolute Gasteiger partial charge is 0.269 e. The fourth-order valence-electron chi connectivity index (χ4n) is 5.02. The molecule has 2 aliphatic rings. The lowest BCUT2D eigenvalue weighted by Crippen LogP contribution is -2.27. The Balaban J connectivity index is 1.28. The minimum Gasteiger partial charge on any atom is -0.350 e. The highest BCUT2D eigenvalue weighted by atomic mass is 19.3. The highest BCUT2D eigenvalue weighted by Gasteiger charge is 2.45. The normalized spacial score (nSPS) is 20.9. The van der Waals surface area contributed by atoms with Crippen LogP contribution in [0.25, 0.3) is 0 Å². The van der Waals surface area contributed by atoms with Crippen LogP contribution in [0.3, 0.4) is 0 Å². The van der Waals surface area contributed by atoms with Gasteiger partial charge in [0.15, 0.2) is 0 Å². The van der Waals surface area contributed by atoms with E-state index in [1.165, 1.54) is 0 Å². The molecule has 35 heavy (non-hydrogen) atoms. The lowest BCUT2D eigenvalue weighted by molar-refractivity contribution is -0.0138. The van der Waals surface area contributed by atoms with Gasteiger partial charge in [0, 0.05) is 37.1 Å². The van der Waals surface area contributed by atoms with Crippen LogP contribution in [0, 0.1) is 5.92 Å². The maximum absolute atomic E-state index is 14.0. The standard InChI is InChI=1S/C25H31F2N7O/c1-4-5-19-17(6-9-22(30-19)33-11-16(2)25(26,27)14-33)12-34-13-18(10-29-34)24(35)31-20-7-8-21-23(20)28-15-32(21)3/h6,9-10,13,15-16,20H,4-5,7-8,11-12,14H2,1-3H3,(H,31,35)/t16?,20-/m1/s1. The number of imidazole rings is 1. The first-order chi connectivity index (χ1) is 16.7. The fourth-order valence-corrected chi connectivity index (χ4v) is 5.02. The minimum absolute atomic E-state index is 0.0874. The number of aryl methyl sites for hydroxylation is 2. The van der Waals surface area contributed by atoms with Gasteiger partial charge in [-0.25, -0.2) is 18.7 Å². The van der Waals surface area contributed by atoms with Crippen LogP contribution in [0.15, 0.2) is 30.9 Å². The second-order valence-corrected chi connectivity index (χ2v) is 9.75. The molecular weight excluding hydrogens is 452 g/mol. The second kappa shape index (κ2) is 9.05. The predicted molar refractivity (Wildman–Crippen MR) is 128 cm³/mol. The van der Waals surface area contributed by atoms with Crippen LogP contribution in [0.1, 0.15) is 65.7 Å². The number of halogens is 2. The second-order valence-electron chi connectivity index (χ2n) is 9.75. The van der Waals surface area contributed by atoms with E-state index in [1.807, 2.05) is 23.7 Å². The van der Waals surface area contributed by atoms with E-state index in [9.17, 15) is 13.6 Å². The number of carbonyl (C=O) groups excluding carboxylic acids is 1. The molecule has 186 valence electrons. The number of aromatic nitrogens is 5. The molecule has 4 heterocycles. The van der Waals surface area contributed by atoms with Crippen molar-refractivity contribution in [2.24, 2.45) is 13.0 Å². The first kappa shape index (κ1) is 23.4. The number of amides is 1. The molecule has 5 rings (SSSR count). The zero-order chi connectivity index (χ0) is 24.7. The Bertz CT molecular complexity index is 1230. The molecule has 10 heteroatoms. The van der Waals surface area contributed by atoms with Gasteiger partial charge in [0.1, 0.15) is 5.82 Å². The van der Waals surface area contributed by atoms with Crippen LogP contribution in [0.5, 0.6) is 0 Å². The van der Waals surface area contributed by atoms with Gasteiger partial charge < -0.3 is 14.8 Å². The van der Waals surface area contributed by atoms with E-state index in [0.717, 1.165) is 48.3 Å². The van der Waals surface area contributed by atoms with Gasteiger partial charge >= 0.3 is 0 Å². The monoisotopic (exact) mass is 483 g/mol. The van der Waals surface area contributed by atoms with Gasteiger partial charge in [0.2, 0.25) is 0 Å². The molecule has 1 N–H and O–H groups in total. The van der Waals surface area contributed by atoms with Crippen LogP contribution in [0.4, 0.5) is 14.6 Å². The Labute approximate surface area is 203 Å². The lowest BCUT2D eigenvalue weighted by Gasteiger charge is -2.19. The van der Waals surface area contributed by atoms with Gasteiger partial charge in [-0.15, -0.1) is 0 Å². The van der Waals surface area contributed by atoms with Crippen molar-refractivity contribution in [1.82, 2.24) is 29.6 Å². The molecule has 0 bridgehead atoms. The molecule has 1 unspecified atom stereocenters. The summed E-state index contributed by atoms with van der Waals surface area (Å²) in [6.45, 7) is 4.09. The summed E-state index contributed by atoms with van der Waals surface area (Å²) in [4.78, 5) is 23.7. The number of carbonyl (C=O) groups is 1. The van der Waals surface area contributed by atoms with E-state index in [2.05, 4.69) is 22.3 Å². The predicted octanol–water partition coefficient (Wildman–Crippen LogP) is 3.52. The van der Waals surface area contributed by atoms with Crippen molar-refractivity contribution in [3.8, 4) is 0 Å². The number of rotatable bonds is 7. The fraction of sp³-hybridized carbons (Fsp3) is 0.520. The molecule has 0 saturated carbocycles. The number of anilines is 1. The van der Waals surface area contributed by atoms with Gasteiger partial charge in [0.05, 0.1) is 42.9 Å². The van der Waals surface area contributed by atoms with Gasteiger partial charge in [-0.3, -0.25) is 9.48 Å². The number of hydrogen-bond donors (Lipinski definition) is 1. The highest BCUT2D eigenvalue weighted by molar-refractivity contribution is 5.94. The summed E-state index contributed by atoms with van der Waals surface area (Å²) in [5.74, 6) is -2.98. The maximum atomic E-state index is 14.0. The largest absolute Gasteiger partial charge is 0.350 e. The summed E-state index contributed by atoms with van der Waals surface area (Å²) in [5, 5.41) is 7.46. The summed E-state index contributed by atoms with van der Waals surface area (Å²) in [6.07, 6.45) is 8.45. The van der Waals surface area contributed by atoms with E-state index in [1.54, 1.807) is 35.2 Å². The van der Waals surface area contributed by atoms with E-state index < -0.39 is 11.8 Å². The number of nitrogens with zero attached hydrogens (tertiary/aromatic N) is 6. The molecule has 1 saturated heterocycles. The van der Waals surface area contributed by atoms with Crippen molar-refractivity contribution in [3.05, 3.63) is 59.1 Å². The summed E-state index contributed by atoms with van der Waals surface area (Å²) in [5.41, 5.74) is 4.44. The Kier molecular flexibility index (Phi) is 6.06. The Morgan fingerprint density at radius 2 is 2.14 bits per heavy atom. The quantitative estimate of drug-likeness (QED) is 0.556. The van der Waals surface area contributed by atoms with Crippen LogP contribution in [0.2, 0.25) is 0 Å². The Hall–Kier alpha value is -3.30. The number of pyridine rings is 1. The molecule has 1 fully saturated rings. The van der Waals surface area contributed by atoms with E-state index in [-0.39, 0.29) is 18.5 Å². The first-order valence-corrected chi connectivity index (χ1v) is 12.2. The third-order valence-electron chi connectivity index (χ3n) is 7.11. The summed E-state index contributed by atoms with van der Waals surface area (Å²) >= 11 is 0. The topological polar surface area (TPSA) is 80.9 Å². The van der Waals surface area contributed by atoms with Crippen LogP contribution >= 0.6 is 0 Å². The van der Waals surface area contributed by atoms with E-state index in [0.29, 0.717) is 24.5 Å². The molecule has 0 spiro atoms. The van der Waals surface area contributed by atoms with Gasteiger partial charge in [0.25, 0.3) is 11.8 Å². The molecule has 0 aromatic carbocycles. The van der Waals surface area contributed by atoms with Crippen molar-refractivity contribution in [1.29, 1.82) is 0 Å². The van der Waals surface area contributed by atoms with Crippen LogP contribution in [-0.4, -0.2) is 49.2 Å². The van der Waals surface area contributed by atoms with E-state index >= 15 is 0 Å². The van der Waals surface area contributed by atoms with E-state index in [4.69, 9.17) is 4.98 Å². The molecule has 2 atom stereocenters. The van der Waals surface area contributed by atoms with Gasteiger partial charge in [-0.2, -0.15) is 5.10 Å². The maximum Gasteiger partial charge on any atom is 0.269 e. The summed E-state index contributed by atoms with van der Waals surface area (Å²) < 4.78 is 31.8. The van der Waals surface area contributed by atoms with Crippen molar-refractivity contribution >= 4 is 11.7 Å². The Morgan fingerprint density at radius 1 is 1.31 bits per heavy atom. The first-order valence-electron chi connectivity index (χ1n) is 12.2. The summed E-state index contributed by atoms with van der Waals surface area (Å²) in [7, 11) is 1.97. The zero-order valence-corrected chi connectivity index (χ0v) is 20.3. The third-order valence-corrected chi connectivity index (χ3v) is 7.11. The lowest BCUT2D eigenvalue weighted by atomic mass is 10.1. The zero-order valence-electron chi connectivity index (χ0n) is 20.3. The van der Waals surface area contributed by atoms with Crippen LogP contribution in [-0.2, 0) is 26.4 Å². The molecule has 1 aliphatic heterocycles. The molecule has 0 radical (unpaired) electrons. The Morgan fingerprint density at radius 3 is 2.89 bits per heavy atom. The van der Waals surface area contributed by atoms with Gasteiger partial charge in [-0.05, 0) is 30.9 Å². The van der Waals surface area contributed by atoms with Crippen LogP contribution < -0.4 is 10.2 Å². The highest BCUT2D eigenvalue weighted by Crippen LogP contribution is 2.35. The van der Waals surface area contributed by atoms with Crippen molar-refractivity contribution < 1.29 is 13.6 Å². The SMILES string of the molecule is CCCc1nc(N2CC(C)C(F)(F)C2)ccc1Cn1cc(C(=O)N[C@@H]2CCc3c2ncn3C)cn1.